The molecule has 0 spiro atoms. The number of carbonyl (C=O) groups excluding carboxylic acids is 1. The maximum atomic E-state index is 11.9. The van der Waals surface area contributed by atoms with Gasteiger partial charge in [-0.05, 0) is 37.4 Å². The molecule has 0 radical (unpaired) electrons. The molecule has 1 heterocycles. The Morgan fingerprint density at radius 2 is 2.25 bits per heavy atom. The van der Waals surface area contributed by atoms with Crippen molar-refractivity contribution < 1.29 is 9.90 Å². The molecule has 0 aromatic heterocycles. The lowest BCUT2D eigenvalue weighted by Gasteiger charge is -2.31. The van der Waals surface area contributed by atoms with Crippen LogP contribution in [0.15, 0.2) is 24.3 Å². The first-order valence-corrected chi connectivity index (χ1v) is 7.16. The molecule has 0 aliphatic carbocycles. The monoisotopic (exact) mass is 277 g/mol. The molecule has 1 saturated heterocycles. The van der Waals surface area contributed by atoms with Crippen molar-refractivity contribution in [3.8, 4) is 0 Å². The molecule has 20 heavy (non-hydrogen) atoms. The minimum atomic E-state index is -0.0194. The SMILES string of the molecule is Nc1ccccc1NC(=O)CCN1CCCC(CO)C1. The lowest BCUT2D eigenvalue weighted by Crippen LogP contribution is -2.38. The van der Waals surface area contributed by atoms with Gasteiger partial charge < -0.3 is 21.1 Å². The summed E-state index contributed by atoms with van der Waals surface area (Å²) < 4.78 is 0. The van der Waals surface area contributed by atoms with Crippen LogP contribution in [0.25, 0.3) is 0 Å². The average molecular weight is 277 g/mol. The van der Waals surface area contributed by atoms with Crippen LogP contribution in [0.3, 0.4) is 0 Å². The number of piperidine rings is 1. The largest absolute Gasteiger partial charge is 0.397 e. The van der Waals surface area contributed by atoms with Crippen LogP contribution in [0, 0.1) is 5.92 Å². The predicted molar refractivity (Wildman–Crippen MR) is 80.4 cm³/mol. The number of nitrogen functional groups attached to an aromatic ring is 1. The zero-order chi connectivity index (χ0) is 14.4. The van der Waals surface area contributed by atoms with Crippen LogP contribution in [0.5, 0.6) is 0 Å². The van der Waals surface area contributed by atoms with Gasteiger partial charge in [-0.25, -0.2) is 0 Å². The minimum absolute atomic E-state index is 0.0194. The molecule has 0 saturated carbocycles. The number of para-hydroxylation sites is 2. The van der Waals surface area contributed by atoms with Gasteiger partial charge in [0.05, 0.1) is 11.4 Å². The molecule has 1 aliphatic heterocycles. The topological polar surface area (TPSA) is 78.6 Å². The number of nitrogens with two attached hydrogens (primary N) is 1. The summed E-state index contributed by atoms with van der Waals surface area (Å²) in [6.07, 6.45) is 2.63. The number of nitrogens with one attached hydrogen (secondary N) is 1. The molecule has 1 aromatic carbocycles. The van der Waals surface area contributed by atoms with E-state index in [0.29, 0.717) is 23.7 Å². The van der Waals surface area contributed by atoms with E-state index in [1.165, 1.54) is 0 Å². The van der Waals surface area contributed by atoms with Crippen LogP contribution in [0.2, 0.25) is 0 Å². The number of hydrogen-bond acceptors (Lipinski definition) is 4. The Morgan fingerprint density at radius 3 is 3.00 bits per heavy atom. The van der Waals surface area contributed by atoms with Crippen LogP contribution in [-0.2, 0) is 4.79 Å². The Bertz CT molecular complexity index is 450. The van der Waals surface area contributed by atoms with Crippen molar-refractivity contribution in [1.29, 1.82) is 0 Å². The van der Waals surface area contributed by atoms with E-state index >= 15 is 0 Å². The van der Waals surface area contributed by atoms with Crippen molar-refractivity contribution >= 4 is 17.3 Å². The lowest BCUT2D eigenvalue weighted by molar-refractivity contribution is -0.116. The van der Waals surface area contributed by atoms with Crippen molar-refractivity contribution in [1.82, 2.24) is 4.90 Å². The average Bonchev–Trinajstić information content (AvgIpc) is 2.48. The van der Waals surface area contributed by atoms with Gasteiger partial charge in [0, 0.05) is 26.1 Å². The molecular formula is C15H23N3O2. The molecule has 1 aliphatic rings. The van der Waals surface area contributed by atoms with Crippen molar-refractivity contribution in [2.45, 2.75) is 19.3 Å². The van der Waals surface area contributed by atoms with Gasteiger partial charge >= 0.3 is 0 Å². The number of aliphatic hydroxyl groups is 1. The van der Waals surface area contributed by atoms with Gasteiger partial charge in [0.15, 0.2) is 0 Å². The fourth-order valence-electron chi connectivity index (χ4n) is 2.59. The zero-order valence-corrected chi connectivity index (χ0v) is 11.7. The smallest absolute Gasteiger partial charge is 0.225 e. The number of rotatable bonds is 5. The molecule has 1 aromatic rings. The van der Waals surface area contributed by atoms with Crippen molar-refractivity contribution in [2.24, 2.45) is 5.92 Å². The standard InChI is InChI=1S/C15H23N3O2/c16-13-5-1-2-6-14(13)17-15(20)7-9-18-8-3-4-12(10-18)11-19/h1-2,5-6,12,19H,3-4,7-11,16H2,(H,17,20). The van der Waals surface area contributed by atoms with Gasteiger partial charge in [-0.1, -0.05) is 12.1 Å². The lowest BCUT2D eigenvalue weighted by atomic mass is 9.99. The molecule has 4 N–H and O–H groups in total. The van der Waals surface area contributed by atoms with Crippen molar-refractivity contribution in [3.05, 3.63) is 24.3 Å². The van der Waals surface area contributed by atoms with Gasteiger partial charge in [0.1, 0.15) is 0 Å². The molecule has 110 valence electrons. The van der Waals surface area contributed by atoms with Crippen molar-refractivity contribution in [3.63, 3.8) is 0 Å². The fourth-order valence-corrected chi connectivity index (χ4v) is 2.59. The number of amides is 1. The fraction of sp³-hybridized carbons (Fsp3) is 0.533. The van der Waals surface area contributed by atoms with Crippen LogP contribution in [0.1, 0.15) is 19.3 Å². The molecule has 0 bridgehead atoms. The van der Waals surface area contributed by atoms with E-state index in [1.807, 2.05) is 12.1 Å². The Labute approximate surface area is 119 Å². The van der Waals surface area contributed by atoms with Gasteiger partial charge in [0.25, 0.3) is 0 Å². The summed E-state index contributed by atoms with van der Waals surface area (Å²) in [6.45, 7) is 2.87. The van der Waals surface area contributed by atoms with E-state index in [1.54, 1.807) is 12.1 Å². The van der Waals surface area contributed by atoms with Crippen LogP contribution in [0.4, 0.5) is 11.4 Å². The second-order valence-electron chi connectivity index (χ2n) is 5.38. The third-order valence-electron chi connectivity index (χ3n) is 3.75. The summed E-state index contributed by atoms with van der Waals surface area (Å²) in [5, 5.41) is 12.0. The predicted octanol–water partition coefficient (Wildman–Crippen LogP) is 1.30. The molecule has 1 atom stereocenters. The van der Waals surface area contributed by atoms with E-state index in [-0.39, 0.29) is 12.5 Å². The van der Waals surface area contributed by atoms with E-state index in [4.69, 9.17) is 5.73 Å². The molecule has 1 unspecified atom stereocenters. The van der Waals surface area contributed by atoms with Crippen LogP contribution >= 0.6 is 0 Å². The van der Waals surface area contributed by atoms with Crippen LogP contribution < -0.4 is 11.1 Å². The second kappa shape index (κ2) is 7.26. The quantitative estimate of drug-likeness (QED) is 0.709. The number of likely N-dealkylation sites (tertiary alicyclic amines) is 1. The third-order valence-corrected chi connectivity index (χ3v) is 3.75. The summed E-state index contributed by atoms with van der Waals surface area (Å²) in [5.74, 6) is 0.339. The highest BCUT2D eigenvalue weighted by molar-refractivity contribution is 5.93. The Kier molecular flexibility index (Phi) is 5.38. The Morgan fingerprint density at radius 1 is 1.45 bits per heavy atom. The van der Waals surface area contributed by atoms with Crippen LogP contribution in [-0.4, -0.2) is 42.2 Å². The molecule has 1 fully saturated rings. The zero-order valence-electron chi connectivity index (χ0n) is 11.7. The van der Waals surface area contributed by atoms with E-state index in [2.05, 4.69) is 10.2 Å². The normalized spacial score (nSPS) is 19.8. The number of nitrogens with zero attached hydrogens (tertiary/aromatic N) is 1. The Balaban J connectivity index is 1.76. The Hall–Kier alpha value is -1.59. The maximum Gasteiger partial charge on any atom is 0.225 e. The summed E-state index contributed by atoms with van der Waals surface area (Å²) in [4.78, 5) is 14.2. The first kappa shape index (κ1) is 14.8. The van der Waals surface area contributed by atoms with E-state index in [9.17, 15) is 9.90 Å². The van der Waals surface area contributed by atoms with Gasteiger partial charge in [-0.3, -0.25) is 4.79 Å². The third kappa shape index (κ3) is 4.21. The second-order valence-corrected chi connectivity index (χ2v) is 5.38. The van der Waals surface area contributed by atoms with E-state index < -0.39 is 0 Å². The van der Waals surface area contributed by atoms with Gasteiger partial charge in [-0.15, -0.1) is 0 Å². The minimum Gasteiger partial charge on any atom is -0.397 e. The molecule has 5 nitrogen and oxygen atoms in total. The molecular weight excluding hydrogens is 254 g/mol. The maximum absolute atomic E-state index is 11.9. The summed E-state index contributed by atoms with van der Waals surface area (Å²) in [5.41, 5.74) is 7.04. The highest BCUT2D eigenvalue weighted by Gasteiger charge is 2.19. The van der Waals surface area contributed by atoms with Gasteiger partial charge in [0.2, 0.25) is 5.91 Å². The van der Waals surface area contributed by atoms with Crippen molar-refractivity contribution in [2.75, 3.05) is 37.3 Å². The number of aliphatic hydroxyl groups excluding tert-OH is 1. The summed E-state index contributed by atoms with van der Waals surface area (Å²) in [7, 11) is 0. The molecule has 2 rings (SSSR count). The van der Waals surface area contributed by atoms with Gasteiger partial charge in [-0.2, -0.15) is 0 Å². The number of benzene rings is 1. The number of hydrogen-bond donors (Lipinski definition) is 3. The summed E-state index contributed by atoms with van der Waals surface area (Å²) >= 11 is 0. The summed E-state index contributed by atoms with van der Waals surface area (Å²) in [6, 6.07) is 7.26. The first-order valence-electron chi connectivity index (χ1n) is 7.16. The highest BCUT2D eigenvalue weighted by Crippen LogP contribution is 2.18. The molecule has 5 heteroatoms. The molecule has 1 amide bonds. The van der Waals surface area contributed by atoms with E-state index in [0.717, 1.165) is 32.5 Å². The number of anilines is 2. The number of carbonyl (C=O) groups is 1. The first-order chi connectivity index (χ1) is 9.69. The highest BCUT2D eigenvalue weighted by atomic mass is 16.3.